The molecule has 0 saturated heterocycles. The van der Waals surface area contributed by atoms with Gasteiger partial charge >= 0.3 is 11.9 Å². The highest BCUT2D eigenvalue weighted by Crippen LogP contribution is 2.64. The number of benzene rings is 2. The lowest BCUT2D eigenvalue weighted by Gasteiger charge is -2.50. The second kappa shape index (κ2) is 19.4. The maximum atomic E-state index is 13.1. The van der Waals surface area contributed by atoms with E-state index in [9.17, 15) is 19.2 Å². The van der Waals surface area contributed by atoms with Crippen molar-refractivity contribution < 1.29 is 38.5 Å². The number of Topliss-reactive ketones (excluding diaryl/α,β-unsaturated/α-hetero) is 2. The molecule has 0 bridgehead atoms. The molecule has 2 aromatic carbocycles. The summed E-state index contributed by atoms with van der Waals surface area (Å²) in [7, 11) is 3.46. The zero-order valence-corrected chi connectivity index (χ0v) is 38.1. The van der Waals surface area contributed by atoms with Crippen LogP contribution in [0, 0.1) is 46.3 Å². The first-order valence-corrected chi connectivity index (χ1v) is 24.1. The maximum absolute atomic E-state index is 13.1. The summed E-state index contributed by atoms with van der Waals surface area (Å²) in [6.45, 7) is 8.29. The van der Waals surface area contributed by atoms with Gasteiger partial charge in [0.15, 0.2) is 0 Å². The predicted molar refractivity (Wildman–Crippen MR) is 238 cm³/mol. The van der Waals surface area contributed by atoms with Crippen LogP contribution in [0.5, 0.6) is 11.5 Å². The number of hydrogen-bond acceptors (Lipinski definition) is 7. The van der Waals surface area contributed by atoms with Crippen molar-refractivity contribution in [3.05, 3.63) is 58.7 Å². The summed E-state index contributed by atoms with van der Waals surface area (Å²) in [5.74, 6) is 6.45. The van der Waals surface area contributed by atoms with E-state index in [2.05, 4.69) is 50.2 Å². The average Bonchev–Trinajstić information content (AvgIpc) is 3.66. The minimum absolute atomic E-state index is 0.0364. The van der Waals surface area contributed by atoms with Gasteiger partial charge < -0.3 is 19.3 Å². The smallest absolute Gasteiger partial charge is 0.306 e. The Morgan fingerprint density at radius 3 is 1.56 bits per heavy atom. The standard InChI is InChI=1S/C28H40O4.C25H34O4/c1-18(2)32-26(30)9-7-5-6-8-20-17-25(29)28(3)15-14-23-22-13-11-21(31-4)16-19(22)10-12-24(23)27(20)28;1-25-13-12-20-19-11-9-18(29-2)14-16(19)8-10-21(20)24(25)17(15-22(25)26)6-4-3-5-7-23(27)28/h11,13,16,18,20,23-24,27H,5-10,12,14-15,17H2,1-4H3;9,11,14,17,20-21,24H,3-8,10,12-13,15H2,1-2H3,(H,27,28)/t20-,23-,24-,27+,28-;17-,20-,21-,24+,25-/m11/s1. The molecular formula is C53H74O8. The third kappa shape index (κ3) is 9.49. The average molecular weight is 839 g/mol. The highest BCUT2D eigenvalue weighted by molar-refractivity contribution is 5.88. The van der Waals surface area contributed by atoms with E-state index in [-0.39, 0.29) is 29.3 Å². The summed E-state index contributed by atoms with van der Waals surface area (Å²) in [4.78, 5) is 48.7. The van der Waals surface area contributed by atoms with Gasteiger partial charge in [0.25, 0.3) is 0 Å². The summed E-state index contributed by atoms with van der Waals surface area (Å²) in [6, 6.07) is 13.2. The topological polar surface area (TPSA) is 116 Å². The third-order valence-electron chi connectivity index (χ3n) is 16.8. The Hall–Kier alpha value is -3.68. The molecule has 0 aliphatic heterocycles. The molecule has 8 rings (SSSR count). The molecule has 334 valence electrons. The number of carboxylic acids is 1. The monoisotopic (exact) mass is 839 g/mol. The zero-order valence-electron chi connectivity index (χ0n) is 38.1. The van der Waals surface area contributed by atoms with Crippen LogP contribution in [-0.4, -0.2) is 48.9 Å². The van der Waals surface area contributed by atoms with Gasteiger partial charge in [-0.05, 0) is 185 Å². The molecule has 10 atom stereocenters. The van der Waals surface area contributed by atoms with Crippen LogP contribution in [0.4, 0.5) is 0 Å². The molecule has 8 nitrogen and oxygen atoms in total. The van der Waals surface area contributed by atoms with Crippen molar-refractivity contribution in [3.63, 3.8) is 0 Å². The van der Waals surface area contributed by atoms with Gasteiger partial charge in [0, 0.05) is 36.5 Å². The lowest BCUT2D eigenvalue weighted by atomic mass is 9.54. The van der Waals surface area contributed by atoms with Gasteiger partial charge in [0.05, 0.1) is 20.3 Å². The normalized spacial score (nSPS) is 32.0. The van der Waals surface area contributed by atoms with Crippen molar-refractivity contribution in [1.29, 1.82) is 0 Å². The van der Waals surface area contributed by atoms with E-state index in [4.69, 9.17) is 19.3 Å². The maximum Gasteiger partial charge on any atom is 0.306 e. The molecule has 2 aromatic rings. The van der Waals surface area contributed by atoms with E-state index >= 15 is 0 Å². The molecule has 61 heavy (non-hydrogen) atoms. The van der Waals surface area contributed by atoms with Crippen LogP contribution in [0.3, 0.4) is 0 Å². The van der Waals surface area contributed by atoms with Crippen LogP contribution in [0.1, 0.15) is 177 Å². The number of fused-ring (bicyclic) bond motifs is 10. The Morgan fingerprint density at radius 1 is 0.672 bits per heavy atom. The third-order valence-corrected chi connectivity index (χ3v) is 16.8. The number of carbonyl (C=O) groups is 4. The number of ketones is 2. The summed E-state index contributed by atoms with van der Waals surface area (Å²) in [5.41, 5.74) is 5.61. The van der Waals surface area contributed by atoms with Crippen molar-refractivity contribution in [2.24, 2.45) is 46.3 Å². The second-order valence-corrected chi connectivity index (χ2v) is 20.6. The highest BCUT2D eigenvalue weighted by Gasteiger charge is 2.59. The van der Waals surface area contributed by atoms with E-state index in [0.29, 0.717) is 65.3 Å². The quantitative estimate of drug-likeness (QED) is 0.139. The highest BCUT2D eigenvalue weighted by atomic mass is 16.5. The van der Waals surface area contributed by atoms with Gasteiger partial charge in [-0.3, -0.25) is 19.2 Å². The Kier molecular flexibility index (Phi) is 14.4. The predicted octanol–water partition coefficient (Wildman–Crippen LogP) is 11.6. The Morgan fingerprint density at radius 2 is 1.13 bits per heavy atom. The summed E-state index contributed by atoms with van der Waals surface area (Å²) >= 11 is 0. The van der Waals surface area contributed by atoms with Crippen molar-refractivity contribution in [2.45, 2.75) is 174 Å². The molecule has 6 aliphatic carbocycles. The van der Waals surface area contributed by atoms with Crippen molar-refractivity contribution in [3.8, 4) is 11.5 Å². The minimum atomic E-state index is -0.707. The van der Waals surface area contributed by atoms with Gasteiger partial charge in [-0.25, -0.2) is 0 Å². The molecule has 4 saturated carbocycles. The number of rotatable bonds is 15. The number of esters is 1. The molecule has 4 fully saturated rings. The van der Waals surface area contributed by atoms with Crippen LogP contribution in [-0.2, 0) is 36.8 Å². The Balaban J connectivity index is 0.000000185. The lowest BCUT2D eigenvalue weighted by Crippen LogP contribution is -2.44. The molecule has 0 unspecified atom stereocenters. The molecule has 0 spiro atoms. The summed E-state index contributed by atoms with van der Waals surface area (Å²) in [6.07, 6.45) is 19.0. The number of aliphatic carboxylic acids is 1. The largest absolute Gasteiger partial charge is 0.497 e. The van der Waals surface area contributed by atoms with E-state index in [0.717, 1.165) is 114 Å². The first kappa shape index (κ1) is 45.3. The Bertz CT molecular complexity index is 1900. The summed E-state index contributed by atoms with van der Waals surface area (Å²) in [5, 5.41) is 8.84. The number of unbranched alkanes of at least 4 members (excludes halogenated alkanes) is 4. The number of methoxy groups -OCH3 is 2. The van der Waals surface area contributed by atoms with Gasteiger partial charge in [-0.15, -0.1) is 0 Å². The van der Waals surface area contributed by atoms with Crippen molar-refractivity contribution in [2.75, 3.05) is 14.2 Å². The fourth-order valence-electron chi connectivity index (χ4n) is 14.1. The Labute approximate surface area is 365 Å². The number of hydrogen-bond donors (Lipinski definition) is 1. The number of carbonyl (C=O) groups excluding carboxylic acids is 3. The van der Waals surface area contributed by atoms with Crippen LogP contribution in [0.2, 0.25) is 0 Å². The number of ether oxygens (including phenoxy) is 3. The number of carboxylic acid groups (broad SMARTS) is 1. The zero-order chi connectivity index (χ0) is 43.5. The summed E-state index contributed by atoms with van der Waals surface area (Å²) < 4.78 is 16.1. The first-order valence-electron chi connectivity index (χ1n) is 24.1. The first-order chi connectivity index (χ1) is 29.3. The van der Waals surface area contributed by atoms with E-state index in [1.165, 1.54) is 35.1 Å². The van der Waals surface area contributed by atoms with Crippen LogP contribution in [0.25, 0.3) is 0 Å². The van der Waals surface area contributed by atoms with E-state index in [1.807, 2.05) is 13.8 Å². The molecule has 1 N–H and O–H groups in total. The molecular weight excluding hydrogens is 765 g/mol. The fraction of sp³-hybridized carbons (Fsp3) is 0.698. The van der Waals surface area contributed by atoms with Crippen LogP contribution >= 0.6 is 0 Å². The van der Waals surface area contributed by atoms with Crippen molar-refractivity contribution >= 4 is 23.5 Å². The molecule has 0 aromatic heterocycles. The van der Waals surface area contributed by atoms with Crippen LogP contribution < -0.4 is 9.47 Å². The van der Waals surface area contributed by atoms with Gasteiger partial charge in [-0.2, -0.15) is 0 Å². The van der Waals surface area contributed by atoms with Crippen molar-refractivity contribution in [1.82, 2.24) is 0 Å². The van der Waals surface area contributed by atoms with Gasteiger partial charge in [0.1, 0.15) is 23.1 Å². The minimum Gasteiger partial charge on any atom is -0.497 e. The number of aryl methyl sites for hydroxylation is 2. The van der Waals surface area contributed by atoms with Gasteiger partial charge in [-0.1, -0.05) is 51.7 Å². The molecule has 0 radical (unpaired) electrons. The molecule has 0 amide bonds. The van der Waals surface area contributed by atoms with Gasteiger partial charge in [0.2, 0.25) is 0 Å². The SMILES string of the molecule is COc1ccc2c(c1)CC[C@H]1[C@@H]3[C@H](CCCCCC(=O)O)CC(=O)[C@@]3(C)CC[C@H]21.COc1ccc2c(c1)CC[C@H]1[C@@H]3[C@H](CCCCCC(=O)OC(C)C)CC(=O)[C@@]3(C)CC[C@H]21. The molecule has 6 aliphatic rings. The van der Waals surface area contributed by atoms with E-state index < -0.39 is 5.97 Å². The fourth-order valence-corrected chi connectivity index (χ4v) is 14.1. The molecule has 0 heterocycles. The second-order valence-electron chi connectivity index (χ2n) is 20.6. The van der Waals surface area contributed by atoms with Crippen LogP contribution in [0.15, 0.2) is 36.4 Å². The van der Waals surface area contributed by atoms with E-state index in [1.54, 1.807) is 14.2 Å². The lowest BCUT2D eigenvalue weighted by molar-refractivity contribution is -0.147. The molecule has 8 heteroatoms.